The maximum Gasteiger partial charge on any atom is 0.324 e. The highest BCUT2D eigenvalue weighted by Gasteiger charge is 2.39. The van der Waals surface area contributed by atoms with Gasteiger partial charge in [0.2, 0.25) is 10.0 Å². The minimum atomic E-state index is -4.23. The molecule has 0 aromatic heterocycles. The van der Waals surface area contributed by atoms with Crippen molar-refractivity contribution in [3.63, 3.8) is 0 Å². The van der Waals surface area contributed by atoms with E-state index in [0.29, 0.717) is 6.42 Å². The number of rotatable bonds is 7. The molecule has 0 spiro atoms. The first-order valence-electron chi connectivity index (χ1n) is 6.97. The fourth-order valence-electron chi connectivity index (χ4n) is 2.21. The summed E-state index contributed by atoms with van der Waals surface area (Å²) in [5, 5.41) is 11.1. The van der Waals surface area contributed by atoms with E-state index in [1.165, 1.54) is 26.3 Å². The van der Waals surface area contributed by atoms with Crippen LogP contribution in [0.4, 0.5) is 5.69 Å². The first-order chi connectivity index (χ1) is 10.7. The average Bonchev–Trinajstić information content (AvgIpc) is 2.54. The van der Waals surface area contributed by atoms with Crippen LogP contribution in [0.15, 0.2) is 29.2 Å². The number of benzene rings is 1. The van der Waals surface area contributed by atoms with Crippen LogP contribution in [0.1, 0.15) is 20.3 Å². The number of methoxy groups -OCH3 is 1. The van der Waals surface area contributed by atoms with Crippen molar-refractivity contribution in [2.75, 3.05) is 14.2 Å². The Morgan fingerprint density at radius 1 is 1.39 bits per heavy atom. The third-order valence-corrected chi connectivity index (χ3v) is 5.62. The highest BCUT2D eigenvalue weighted by Crippen LogP contribution is 2.28. The number of nitro groups is 1. The van der Waals surface area contributed by atoms with Gasteiger partial charge in [-0.1, -0.05) is 32.4 Å². The lowest BCUT2D eigenvalue weighted by Gasteiger charge is -2.29. The Hall–Kier alpha value is -2.00. The second-order valence-electron chi connectivity index (χ2n) is 5.10. The van der Waals surface area contributed by atoms with Gasteiger partial charge >= 0.3 is 5.97 Å². The van der Waals surface area contributed by atoms with Gasteiger partial charge < -0.3 is 4.74 Å². The molecule has 0 radical (unpaired) electrons. The van der Waals surface area contributed by atoms with Gasteiger partial charge in [-0.15, -0.1) is 0 Å². The number of nitrogens with zero attached hydrogens (tertiary/aromatic N) is 2. The largest absolute Gasteiger partial charge is 0.468 e. The second-order valence-corrected chi connectivity index (χ2v) is 7.07. The summed E-state index contributed by atoms with van der Waals surface area (Å²) in [4.78, 5) is 21.8. The first-order valence-corrected chi connectivity index (χ1v) is 8.41. The smallest absolute Gasteiger partial charge is 0.324 e. The monoisotopic (exact) mass is 344 g/mol. The minimum Gasteiger partial charge on any atom is -0.468 e. The van der Waals surface area contributed by atoms with Gasteiger partial charge in [0.1, 0.15) is 6.04 Å². The van der Waals surface area contributed by atoms with Crippen LogP contribution in [0.25, 0.3) is 0 Å². The van der Waals surface area contributed by atoms with Crippen molar-refractivity contribution in [1.82, 2.24) is 4.31 Å². The summed E-state index contributed by atoms with van der Waals surface area (Å²) >= 11 is 0. The summed E-state index contributed by atoms with van der Waals surface area (Å²) in [6, 6.07) is 3.97. The maximum absolute atomic E-state index is 12.8. The first kappa shape index (κ1) is 19.0. The summed E-state index contributed by atoms with van der Waals surface area (Å²) in [6.45, 7) is 3.53. The van der Waals surface area contributed by atoms with Crippen LogP contribution in [0.5, 0.6) is 0 Å². The van der Waals surface area contributed by atoms with Crippen LogP contribution < -0.4 is 0 Å². The van der Waals surface area contributed by atoms with Crippen molar-refractivity contribution in [3.05, 3.63) is 34.4 Å². The zero-order chi connectivity index (χ0) is 17.8. The Morgan fingerprint density at radius 2 is 1.96 bits per heavy atom. The molecule has 0 bridgehead atoms. The SMILES string of the molecule is CC[C@H](C)[C@@H](C(=O)OC)N(C)S(=O)(=O)c1ccccc1[N+](=O)[O-]. The van der Waals surface area contributed by atoms with Crippen molar-refractivity contribution in [2.24, 2.45) is 5.92 Å². The van der Waals surface area contributed by atoms with Crippen molar-refractivity contribution < 1.29 is 22.9 Å². The molecular weight excluding hydrogens is 324 g/mol. The van der Waals surface area contributed by atoms with E-state index in [1.54, 1.807) is 6.92 Å². The molecule has 0 aliphatic carbocycles. The van der Waals surface area contributed by atoms with Crippen LogP contribution in [-0.4, -0.2) is 43.8 Å². The number of para-hydroxylation sites is 1. The summed E-state index contributed by atoms with van der Waals surface area (Å²) in [7, 11) is -1.84. The summed E-state index contributed by atoms with van der Waals surface area (Å²) in [5.41, 5.74) is -0.535. The maximum atomic E-state index is 12.8. The van der Waals surface area contributed by atoms with E-state index in [0.717, 1.165) is 16.4 Å². The molecule has 8 nitrogen and oxygen atoms in total. The summed E-state index contributed by atoms with van der Waals surface area (Å²) in [6.07, 6.45) is 0.538. The van der Waals surface area contributed by atoms with Crippen molar-refractivity contribution in [2.45, 2.75) is 31.2 Å². The van der Waals surface area contributed by atoms with Gasteiger partial charge in [0, 0.05) is 13.1 Å². The molecule has 0 fully saturated rings. The molecule has 1 rings (SSSR count). The third-order valence-electron chi connectivity index (χ3n) is 3.74. The Balaban J connectivity index is 3.41. The van der Waals surface area contributed by atoms with E-state index in [9.17, 15) is 23.3 Å². The van der Waals surface area contributed by atoms with Crippen molar-refractivity contribution in [3.8, 4) is 0 Å². The number of carbonyl (C=O) groups excluding carboxylic acids is 1. The molecule has 0 aliphatic heterocycles. The van der Waals surface area contributed by atoms with Crippen molar-refractivity contribution in [1.29, 1.82) is 0 Å². The summed E-state index contributed by atoms with van der Waals surface area (Å²) < 4.78 is 31.0. The van der Waals surface area contributed by atoms with Crippen LogP contribution in [0.3, 0.4) is 0 Å². The Bertz CT molecular complexity index is 688. The predicted molar refractivity (Wildman–Crippen MR) is 83.3 cm³/mol. The lowest BCUT2D eigenvalue weighted by atomic mass is 10.00. The van der Waals surface area contributed by atoms with Gasteiger partial charge in [-0.3, -0.25) is 14.9 Å². The molecular formula is C14H20N2O6S. The van der Waals surface area contributed by atoms with Gasteiger partial charge in [0.05, 0.1) is 12.0 Å². The molecule has 0 saturated heterocycles. The van der Waals surface area contributed by atoms with E-state index in [4.69, 9.17) is 0 Å². The van der Waals surface area contributed by atoms with Crippen molar-refractivity contribution >= 4 is 21.7 Å². The Labute approximate surface area is 135 Å². The van der Waals surface area contributed by atoms with Gasteiger partial charge in [-0.2, -0.15) is 4.31 Å². The van der Waals surface area contributed by atoms with Crippen LogP contribution in [-0.2, 0) is 19.6 Å². The third kappa shape index (κ3) is 3.85. The van der Waals surface area contributed by atoms with Gasteiger partial charge in [0.15, 0.2) is 4.90 Å². The Morgan fingerprint density at radius 3 is 2.43 bits per heavy atom. The predicted octanol–water partition coefficient (Wildman–Crippen LogP) is 1.80. The fraction of sp³-hybridized carbons (Fsp3) is 0.500. The number of ether oxygens (including phenoxy) is 1. The molecule has 0 N–H and O–H groups in total. The molecule has 0 unspecified atom stereocenters. The molecule has 0 saturated carbocycles. The number of likely N-dealkylation sites (N-methyl/N-ethyl adjacent to an activating group) is 1. The van der Waals surface area contributed by atoms with Crippen LogP contribution in [0, 0.1) is 16.0 Å². The topological polar surface area (TPSA) is 107 Å². The molecule has 1 aromatic carbocycles. The zero-order valence-corrected chi connectivity index (χ0v) is 14.2. The van der Waals surface area contributed by atoms with Crippen LogP contribution >= 0.6 is 0 Å². The molecule has 23 heavy (non-hydrogen) atoms. The number of carbonyl (C=O) groups is 1. The van der Waals surface area contributed by atoms with Crippen LogP contribution in [0.2, 0.25) is 0 Å². The lowest BCUT2D eigenvalue weighted by molar-refractivity contribution is -0.387. The highest BCUT2D eigenvalue weighted by molar-refractivity contribution is 7.89. The normalized spacial score (nSPS) is 14.3. The summed E-state index contributed by atoms with van der Waals surface area (Å²) in [5.74, 6) is -1.02. The number of hydrogen-bond donors (Lipinski definition) is 0. The lowest BCUT2D eigenvalue weighted by Crippen LogP contribution is -2.46. The number of esters is 1. The number of sulfonamides is 1. The molecule has 0 heterocycles. The Kier molecular flexibility index (Phi) is 6.22. The fourth-order valence-corrected chi connectivity index (χ4v) is 3.77. The molecule has 2 atom stereocenters. The second kappa shape index (κ2) is 7.51. The van der Waals surface area contributed by atoms with Gasteiger partial charge in [-0.25, -0.2) is 8.42 Å². The van der Waals surface area contributed by atoms with E-state index in [1.807, 2.05) is 6.92 Å². The van der Waals surface area contributed by atoms with E-state index in [2.05, 4.69) is 4.74 Å². The molecule has 1 aromatic rings. The van der Waals surface area contributed by atoms with Gasteiger partial charge in [-0.05, 0) is 12.0 Å². The zero-order valence-electron chi connectivity index (χ0n) is 13.4. The van der Waals surface area contributed by atoms with E-state index >= 15 is 0 Å². The molecule has 0 amide bonds. The highest BCUT2D eigenvalue weighted by atomic mass is 32.2. The number of hydrogen-bond acceptors (Lipinski definition) is 6. The van der Waals surface area contributed by atoms with Gasteiger partial charge in [0.25, 0.3) is 5.69 Å². The van der Waals surface area contributed by atoms with E-state index in [-0.39, 0.29) is 5.92 Å². The van der Waals surface area contributed by atoms with E-state index < -0.39 is 37.5 Å². The average molecular weight is 344 g/mol. The number of nitro benzene ring substituents is 1. The quantitative estimate of drug-likeness (QED) is 0.424. The molecule has 9 heteroatoms. The minimum absolute atomic E-state index is 0.315. The standard InChI is InChI=1S/C14H20N2O6S/c1-5-10(2)13(14(17)22-4)15(3)23(20,21)12-9-7-6-8-11(12)16(18)19/h6-10,13H,5H2,1-4H3/t10-,13-/m0/s1. The molecule has 0 aliphatic rings. The molecule has 128 valence electrons.